The van der Waals surface area contributed by atoms with Crippen LogP contribution in [0.1, 0.15) is 19.4 Å². The van der Waals surface area contributed by atoms with Crippen molar-refractivity contribution in [3.63, 3.8) is 0 Å². The fraction of sp³-hybridized carbons (Fsp3) is 0.562. The van der Waals surface area contributed by atoms with Crippen molar-refractivity contribution in [1.82, 2.24) is 25.5 Å². The van der Waals surface area contributed by atoms with E-state index in [-0.39, 0.29) is 19.0 Å². The summed E-state index contributed by atoms with van der Waals surface area (Å²) in [5, 5.41) is 33.4. The highest BCUT2D eigenvalue weighted by Crippen LogP contribution is 2.46. The van der Waals surface area contributed by atoms with Gasteiger partial charge in [-0.25, -0.2) is 4.39 Å². The molecule has 0 radical (unpaired) electrons. The number of nitrogens with zero attached hydrogens (tertiary/aromatic N) is 4. The van der Waals surface area contributed by atoms with E-state index in [1.54, 1.807) is 6.07 Å². The first-order valence-corrected chi connectivity index (χ1v) is 7.87. The van der Waals surface area contributed by atoms with E-state index in [1.165, 1.54) is 12.1 Å². The van der Waals surface area contributed by atoms with Gasteiger partial charge in [0.2, 0.25) is 5.82 Å². The molecule has 3 N–H and O–H groups in total. The van der Waals surface area contributed by atoms with E-state index in [0.29, 0.717) is 31.0 Å². The van der Waals surface area contributed by atoms with Gasteiger partial charge < -0.3 is 10.2 Å². The number of H-pyrrole nitrogens is 1. The van der Waals surface area contributed by atoms with Crippen molar-refractivity contribution in [1.29, 1.82) is 0 Å². The lowest BCUT2D eigenvalue weighted by atomic mass is 9.69. The molecular weight excluding hydrogens is 313 g/mol. The number of aromatic nitrogens is 4. The summed E-state index contributed by atoms with van der Waals surface area (Å²) in [5.74, 6) is -0.0149. The van der Waals surface area contributed by atoms with Crippen LogP contribution in [0.4, 0.5) is 4.39 Å². The van der Waals surface area contributed by atoms with Crippen molar-refractivity contribution in [2.75, 3.05) is 26.3 Å². The molecule has 2 atom stereocenters. The van der Waals surface area contributed by atoms with Crippen molar-refractivity contribution in [3.05, 3.63) is 29.6 Å². The molecule has 1 aliphatic rings. The first-order chi connectivity index (χ1) is 11.4. The molecule has 0 amide bonds. The van der Waals surface area contributed by atoms with Crippen LogP contribution in [-0.4, -0.2) is 62.0 Å². The van der Waals surface area contributed by atoms with Gasteiger partial charge in [0.15, 0.2) is 0 Å². The average Bonchev–Trinajstić information content (AvgIpc) is 3.17. The Morgan fingerprint density at radius 3 is 2.42 bits per heavy atom. The number of likely N-dealkylation sites (tertiary alicyclic amines) is 1. The predicted octanol–water partition coefficient (Wildman–Crippen LogP) is 0.819. The van der Waals surface area contributed by atoms with Gasteiger partial charge in [-0.3, -0.25) is 4.90 Å². The fourth-order valence-corrected chi connectivity index (χ4v) is 3.43. The number of aromatic amines is 1. The van der Waals surface area contributed by atoms with Gasteiger partial charge in [-0.2, -0.15) is 5.21 Å². The topological polar surface area (TPSA) is 98.2 Å². The van der Waals surface area contributed by atoms with Crippen molar-refractivity contribution in [3.8, 4) is 11.4 Å². The second kappa shape index (κ2) is 6.19. The lowest BCUT2D eigenvalue weighted by Gasteiger charge is -2.36. The zero-order chi connectivity index (χ0) is 17.4. The van der Waals surface area contributed by atoms with E-state index in [4.69, 9.17) is 0 Å². The normalized spacial score (nSPS) is 27.7. The van der Waals surface area contributed by atoms with E-state index in [1.807, 2.05) is 13.8 Å². The molecule has 1 aromatic carbocycles. The second-order valence-corrected chi connectivity index (χ2v) is 7.12. The van der Waals surface area contributed by atoms with Crippen LogP contribution in [0.2, 0.25) is 0 Å². The molecule has 1 aliphatic heterocycles. The van der Waals surface area contributed by atoms with E-state index >= 15 is 0 Å². The number of hydrogen-bond donors (Lipinski definition) is 3. The third-order valence-corrected chi connectivity index (χ3v) is 5.35. The highest BCUT2D eigenvalue weighted by Gasteiger charge is 2.51. The summed E-state index contributed by atoms with van der Waals surface area (Å²) in [6.45, 7) is 5.80. The highest BCUT2D eigenvalue weighted by molar-refractivity contribution is 5.59. The summed E-state index contributed by atoms with van der Waals surface area (Å²) < 4.78 is 13.6. The number of tetrazole rings is 1. The van der Waals surface area contributed by atoms with Crippen molar-refractivity contribution in [2.24, 2.45) is 10.8 Å². The number of aliphatic hydroxyl groups is 2. The fourth-order valence-electron chi connectivity index (χ4n) is 3.43. The predicted molar refractivity (Wildman–Crippen MR) is 85.2 cm³/mol. The van der Waals surface area contributed by atoms with Crippen LogP contribution in [0.3, 0.4) is 0 Å². The zero-order valence-corrected chi connectivity index (χ0v) is 13.8. The maximum Gasteiger partial charge on any atom is 0.205 e. The van der Waals surface area contributed by atoms with Gasteiger partial charge in [0.25, 0.3) is 0 Å². The highest BCUT2D eigenvalue weighted by atomic mass is 19.1. The molecule has 3 rings (SSSR count). The Labute approximate surface area is 139 Å². The Kier molecular flexibility index (Phi) is 4.37. The van der Waals surface area contributed by atoms with Crippen LogP contribution in [0, 0.1) is 16.6 Å². The van der Waals surface area contributed by atoms with Crippen LogP contribution < -0.4 is 0 Å². The molecule has 7 nitrogen and oxygen atoms in total. The molecule has 1 aromatic heterocycles. The number of rotatable bonds is 5. The summed E-state index contributed by atoms with van der Waals surface area (Å²) in [6.07, 6.45) is 0. The van der Waals surface area contributed by atoms with Crippen LogP contribution in [0.5, 0.6) is 0 Å². The van der Waals surface area contributed by atoms with Crippen LogP contribution >= 0.6 is 0 Å². The number of aliphatic hydroxyl groups excluding tert-OH is 2. The molecule has 130 valence electrons. The third kappa shape index (κ3) is 2.81. The van der Waals surface area contributed by atoms with E-state index in [0.717, 1.165) is 5.56 Å². The number of benzene rings is 1. The third-order valence-electron chi connectivity index (χ3n) is 5.35. The second-order valence-electron chi connectivity index (χ2n) is 7.12. The summed E-state index contributed by atoms with van der Waals surface area (Å²) in [6, 6.07) is 4.52. The SMILES string of the molecule is C[C@]1(CO)CN(Cc2ccc(F)cc2-c2nn[nH]n2)C[C@@]1(C)CO. The Hall–Kier alpha value is -1.90. The molecule has 0 bridgehead atoms. The number of halogens is 1. The molecule has 1 saturated heterocycles. The minimum atomic E-state index is -0.395. The molecule has 2 aromatic rings. The molecule has 0 spiro atoms. The van der Waals surface area contributed by atoms with Crippen LogP contribution in [0.25, 0.3) is 11.4 Å². The quantitative estimate of drug-likeness (QED) is 0.748. The smallest absolute Gasteiger partial charge is 0.205 e. The Morgan fingerprint density at radius 1 is 1.21 bits per heavy atom. The monoisotopic (exact) mass is 335 g/mol. The molecule has 0 aliphatic carbocycles. The molecule has 1 fully saturated rings. The van der Waals surface area contributed by atoms with Gasteiger partial charge >= 0.3 is 0 Å². The zero-order valence-electron chi connectivity index (χ0n) is 13.8. The average molecular weight is 335 g/mol. The van der Waals surface area contributed by atoms with Gasteiger partial charge in [0.1, 0.15) is 5.82 Å². The molecule has 0 saturated carbocycles. The molecular formula is C16H22FN5O2. The maximum atomic E-state index is 13.6. The van der Waals surface area contributed by atoms with Crippen molar-refractivity contribution < 1.29 is 14.6 Å². The Morgan fingerprint density at radius 2 is 1.88 bits per heavy atom. The minimum absolute atomic E-state index is 0.00166. The first-order valence-electron chi connectivity index (χ1n) is 7.87. The lowest BCUT2D eigenvalue weighted by Crippen LogP contribution is -2.41. The van der Waals surface area contributed by atoms with E-state index in [2.05, 4.69) is 25.5 Å². The Bertz CT molecular complexity index is 692. The summed E-state index contributed by atoms with van der Waals surface area (Å²) >= 11 is 0. The standard InChI is InChI=1S/C16H22FN5O2/c1-15(9-23)7-22(8-16(15,2)10-24)6-11-3-4-12(17)5-13(11)14-18-20-21-19-14/h3-5,23-24H,6-10H2,1-2H3,(H,18,19,20,21)/t15-,16+. The van der Waals surface area contributed by atoms with Gasteiger partial charge in [-0.1, -0.05) is 19.9 Å². The summed E-state index contributed by atoms with van der Waals surface area (Å²) in [7, 11) is 0. The number of nitrogens with one attached hydrogen (secondary N) is 1. The van der Waals surface area contributed by atoms with Crippen molar-refractivity contribution >= 4 is 0 Å². The lowest BCUT2D eigenvalue weighted by molar-refractivity contribution is 0.00976. The van der Waals surface area contributed by atoms with Gasteiger partial charge in [0, 0.05) is 36.0 Å². The maximum absolute atomic E-state index is 13.6. The first kappa shape index (κ1) is 16.9. The largest absolute Gasteiger partial charge is 0.396 e. The van der Waals surface area contributed by atoms with Gasteiger partial charge in [-0.15, -0.1) is 10.2 Å². The van der Waals surface area contributed by atoms with Gasteiger partial charge in [-0.05, 0) is 22.9 Å². The van der Waals surface area contributed by atoms with Crippen LogP contribution in [0.15, 0.2) is 18.2 Å². The van der Waals surface area contributed by atoms with E-state index in [9.17, 15) is 14.6 Å². The van der Waals surface area contributed by atoms with Gasteiger partial charge in [0.05, 0.1) is 13.2 Å². The Balaban J connectivity index is 1.88. The number of hydrogen-bond acceptors (Lipinski definition) is 6. The molecule has 24 heavy (non-hydrogen) atoms. The van der Waals surface area contributed by atoms with Crippen molar-refractivity contribution in [2.45, 2.75) is 20.4 Å². The molecule has 0 unspecified atom stereocenters. The van der Waals surface area contributed by atoms with E-state index < -0.39 is 10.8 Å². The molecule has 2 heterocycles. The summed E-state index contributed by atoms with van der Waals surface area (Å²) in [4.78, 5) is 2.16. The molecule has 8 heteroatoms. The van der Waals surface area contributed by atoms with Crippen LogP contribution in [-0.2, 0) is 6.54 Å². The summed E-state index contributed by atoms with van der Waals surface area (Å²) in [5.41, 5.74) is 0.676. The minimum Gasteiger partial charge on any atom is -0.396 e.